The Morgan fingerprint density at radius 1 is 1.11 bits per heavy atom. The highest BCUT2D eigenvalue weighted by atomic mass is 16.2. The number of rotatable bonds is 5. The van der Waals surface area contributed by atoms with E-state index in [0.717, 1.165) is 10.1 Å². The van der Waals surface area contributed by atoms with E-state index in [0.29, 0.717) is 16.7 Å². The summed E-state index contributed by atoms with van der Waals surface area (Å²) in [5.41, 5.74) is 0.0809. The van der Waals surface area contributed by atoms with Crippen molar-refractivity contribution in [2.75, 3.05) is 0 Å². The molecule has 0 saturated heterocycles. The third-order valence-electron chi connectivity index (χ3n) is 4.28. The van der Waals surface area contributed by atoms with Crippen LogP contribution < -0.4 is 16.6 Å². The van der Waals surface area contributed by atoms with Gasteiger partial charge in [-0.3, -0.25) is 18.7 Å². The molecule has 28 heavy (non-hydrogen) atoms. The van der Waals surface area contributed by atoms with Crippen LogP contribution in [0.2, 0.25) is 0 Å². The quantitative estimate of drug-likeness (QED) is 0.529. The Morgan fingerprint density at radius 2 is 1.96 bits per heavy atom. The maximum Gasteiger partial charge on any atom is 0.329 e. The maximum atomic E-state index is 12.5. The van der Waals surface area contributed by atoms with Gasteiger partial charge >= 0.3 is 5.69 Å². The molecule has 1 amide bonds. The van der Waals surface area contributed by atoms with E-state index >= 15 is 0 Å². The molecular weight excluding hydrogens is 360 g/mol. The van der Waals surface area contributed by atoms with Crippen LogP contribution in [0.1, 0.15) is 5.56 Å². The maximum absolute atomic E-state index is 12.5. The van der Waals surface area contributed by atoms with Crippen molar-refractivity contribution >= 4 is 16.8 Å². The normalized spacial score (nSPS) is 10.9. The van der Waals surface area contributed by atoms with Gasteiger partial charge < -0.3 is 10.3 Å². The van der Waals surface area contributed by atoms with Gasteiger partial charge in [-0.05, 0) is 18.2 Å². The first kappa shape index (κ1) is 17.4. The third-order valence-corrected chi connectivity index (χ3v) is 4.28. The van der Waals surface area contributed by atoms with Gasteiger partial charge in [-0.15, -0.1) is 0 Å². The van der Waals surface area contributed by atoms with E-state index in [2.05, 4.69) is 20.3 Å². The van der Waals surface area contributed by atoms with Crippen molar-refractivity contribution in [2.45, 2.75) is 13.1 Å². The lowest BCUT2D eigenvalue weighted by Gasteiger charge is -2.11. The summed E-state index contributed by atoms with van der Waals surface area (Å²) >= 11 is 0. The second-order valence-electron chi connectivity index (χ2n) is 6.10. The van der Waals surface area contributed by atoms with Crippen molar-refractivity contribution in [1.82, 2.24) is 29.4 Å². The number of H-pyrrole nitrogens is 1. The molecule has 0 saturated carbocycles. The lowest BCUT2D eigenvalue weighted by Crippen LogP contribution is -2.40. The molecule has 2 N–H and O–H groups in total. The van der Waals surface area contributed by atoms with Crippen molar-refractivity contribution in [2.24, 2.45) is 0 Å². The number of hydrogen-bond acceptors (Lipinski definition) is 5. The number of nitrogens with zero attached hydrogens (tertiary/aromatic N) is 4. The van der Waals surface area contributed by atoms with E-state index in [1.807, 2.05) is 6.07 Å². The Morgan fingerprint density at radius 3 is 2.79 bits per heavy atom. The average molecular weight is 376 g/mol. The number of nitrogens with one attached hydrogen (secondary N) is 2. The van der Waals surface area contributed by atoms with Crippen LogP contribution in [-0.4, -0.2) is 30.0 Å². The SMILES string of the molecule is O=C(Cn1c(=O)[nH]c2ccccc2c1=O)NCc1cccnc1-n1ccnc1. The third kappa shape index (κ3) is 3.32. The number of hydrogen-bond donors (Lipinski definition) is 2. The van der Waals surface area contributed by atoms with Gasteiger partial charge in [-0.2, -0.15) is 0 Å². The van der Waals surface area contributed by atoms with Crippen molar-refractivity contribution < 1.29 is 4.79 Å². The monoisotopic (exact) mass is 376 g/mol. The first-order valence-electron chi connectivity index (χ1n) is 8.54. The van der Waals surface area contributed by atoms with Gasteiger partial charge in [0.25, 0.3) is 5.56 Å². The molecule has 0 spiro atoms. The Bertz CT molecular complexity index is 1260. The number of imidazole rings is 1. The summed E-state index contributed by atoms with van der Waals surface area (Å²) < 4.78 is 2.62. The van der Waals surface area contributed by atoms with Crippen molar-refractivity contribution in [3.63, 3.8) is 0 Å². The summed E-state index contributed by atoms with van der Waals surface area (Å²) in [7, 11) is 0. The molecule has 4 aromatic rings. The van der Waals surface area contributed by atoms with Crippen LogP contribution in [0.5, 0.6) is 0 Å². The average Bonchev–Trinajstić information content (AvgIpc) is 3.24. The van der Waals surface area contributed by atoms with Gasteiger partial charge in [-0.25, -0.2) is 14.8 Å². The fourth-order valence-electron chi connectivity index (χ4n) is 2.92. The van der Waals surface area contributed by atoms with E-state index in [-0.39, 0.29) is 13.1 Å². The summed E-state index contributed by atoms with van der Waals surface area (Å²) in [4.78, 5) is 48.0. The summed E-state index contributed by atoms with van der Waals surface area (Å²) in [6, 6.07) is 10.3. The van der Waals surface area contributed by atoms with Crippen LogP contribution in [0.4, 0.5) is 0 Å². The van der Waals surface area contributed by atoms with E-state index in [1.165, 1.54) is 0 Å². The minimum absolute atomic E-state index is 0.195. The molecular formula is C19H16N6O3. The highest BCUT2D eigenvalue weighted by Crippen LogP contribution is 2.10. The van der Waals surface area contributed by atoms with Gasteiger partial charge in [0.1, 0.15) is 18.7 Å². The van der Waals surface area contributed by atoms with Crippen LogP contribution in [0.3, 0.4) is 0 Å². The Labute approximate surface area is 158 Å². The van der Waals surface area contributed by atoms with Crippen LogP contribution in [0.15, 0.2) is 70.9 Å². The molecule has 0 aliphatic rings. The predicted molar refractivity (Wildman–Crippen MR) is 102 cm³/mol. The molecule has 1 aromatic carbocycles. The van der Waals surface area contributed by atoms with E-state index in [4.69, 9.17) is 0 Å². The number of para-hydroxylation sites is 1. The number of carbonyl (C=O) groups excluding carboxylic acids is 1. The summed E-state index contributed by atoms with van der Waals surface area (Å²) in [5, 5.41) is 3.08. The van der Waals surface area contributed by atoms with Crippen LogP contribution in [-0.2, 0) is 17.9 Å². The first-order valence-corrected chi connectivity index (χ1v) is 8.54. The van der Waals surface area contributed by atoms with Crippen LogP contribution in [0, 0.1) is 0 Å². The Hall–Kier alpha value is -4.01. The van der Waals surface area contributed by atoms with Crippen molar-refractivity contribution in [3.8, 4) is 5.82 Å². The lowest BCUT2D eigenvalue weighted by atomic mass is 10.2. The lowest BCUT2D eigenvalue weighted by molar-refractivity contribution is -0.121. The summed E-state index contributed by atoms with van der Waals surface area (Å²) in [6.07, 6.45) is 6.65. The smallest absolute Gasteiger partial charge is 0.329 e. The van der Waals surface area contributed by atoms with E-state index in [1.54, 1.807) is 59.8 Å². The number of amides is 1. The van der Waals surface area contributed by atoms with Gasteiger partial charge in [0, 0.05) is 30.7 Å². The standard InChI is InChI=1S/C19H16N6O3/c26-16(11-25-18(27)14-5-1-2-6-15(14)23-19(25)28)22-10-13-4-3-7-21-17(13)24-9-8-20-12-24/h1-9,12H,10-11H2,(H,22,26)(H,23,28). The summed E-state index contributed by atoms with van der Waals surface area (Å²) in [5.74, 6) is 0.185. The second-order valence-corrected chi connectivity index (χ2v) is 6.10. The Kier molecular flexibility index (Phi) is 4.55. The zero-order chi connectivity index (χ0) is 19.5. The molecule has 3 aromatic heterocycles. The molecule has 4 rings (SSSR count). The molecule has 0 fully saturated rings. The zero-order valence-corrected chi connectivity index (χ0v) is 14.7. The molecule has 0 aliphatic heterocycles. The zero-order valence-electron chi connectivity index (χ0n) is 14.7. The largest absolute Gasteiger partial charge is 0.350 e. The van der Waals surface area contributed by atoms with Gasteiger partial charge in [0.2, 0.25) is 5.91 Å². The molecule has 0 aliphatic carbocycles. The van der Waals surface area contributed by atoms with E-state index < -0.39 is 17.2 Å². The van der Waals surface area contributed by atoms with Crippen molar-refractivity contribution in [3.05, 3.63) is 87.7 Å². The molecule has 0 bridgehead atoms. The first-order chi connectivity index (χ1) is 13.6. The number of carbonyl (C=O) groups is 1. The van der Waals surface area contributed by atoms with Gasteiger partial charge in [-0.1, -0.05) is 18.2 Å². The van der Waals surface area contributed by atoms with Gasteiger partial charge in [0.05, 0.1) is 10.9 Å². The second kappa shape index (κ2) is 7.31. The van der Waals surface area contributed by atoms with Gasteiger partial charge in [0.15, 0.2) is 0 Å². The molecule has 0 atom stereocenters. The number of aromatic nitrogens is 5. The topological polar surface area (TPSA) is 115 Å². The fourth-order valence-corrected chi connectivity index (χ4v) is 2.92. The number of pyridine rings is 1. The molecule has 0 radical (unpaired) electrons. The number of benzene rings is 1. The molecule has 9 heteroatoms. The molecule has 140 valence electrons. The minimum Gasteiger partial charge on any atom is -0.350 e. The molecule has 3 heterocycles. The Balaban J connectivity index is 1.53. The van der Waals surface area contributed by atoms with Crippen LogP contribution >= 0.6 is 0 Å². The number of aromatic amines is 1. The highest BCUT2D eigenvalue weighted by molar-refractivity contribution is 5.78. The number of fused-ring (bicyclic) bond motifs is 1. The summed E-state index contributed by atoms with van der Waals surface area (Å²) in [6.45, 7) is -0.180. The minimum atomic E-state index is -0.626. The van der Waals surface area contributed by atoms with Crippen LogP contribution in [0.25, 0.3) is 16.7 Å². The van der Waals surface area contributed by atoms with Crippen molar-refractivity contribution in [1.29, 1.82) is 0 Å². The predicted octanol–water partition coefficient (Wildman–Crippen LogP) is 0.587. The molecule has 9 nitrogen and oxygen atoms in total. The fraction of sp³-hybridized carbons (Fsp3) is 0.105. The van der Waals surface area contributed by atoms with E-state index in [9.17, 15) is 14.4 Å². The molecule has 0 unspecified atom stereocenters. The highest BCUT2D eigenvalue weighted by Gasteiger charge is 2.12.